The van der Waals surface area contributed by atoms with Gasteiger partial charge in [0.05, 0.1) is 24.8 Å². The number of unbranched alkanes of at least 4 members (excludes halogenated alkanes) is 1. The summed E-state index contributed by atoms with van der Waals surface area (Å²) in [5.74, 6) is 0.998. The third-order valence-electron chi connectivity index (χ3n) is 4.74. The second kappa shape index (κ2) is 9.54. The largest absolute Gasteiger partial charge is 0.378 e. The highest BCUT2D eigenvalue weighted by Gasteiger charge is 2.15. The Balaban J connectivity index is 1.87. The fourth-order valence-electron chi connectivity index (χ4n) is 3.25. The number of imidazole rings is 1. The van der Waals surface area contributed by atoms with Crippen molar-refractivity contribution in [2.75, 3.05) is 7.11 Å². The molecule has 1 aromatic heterocycles. The van der Waals surface area contributed by atoms with Gasteiger partial charge in [-0.1, -0.05) is 67.4 Å². The topological polar surface area (TPSA) is 50.8 Å². The molecule has 0 aliphatic carbocycles. The number of ether oxygens (including phenoxy) is 1. The van der Waals surface area contributed by atoms with Crippen molar-refractivity contribution in [3.05, 3.63) is 76.3 Å². The molecule has 0 saturated carbocycles. The Morgan fingerprint density at radius 2 is 1.89 bits per heavy atom. The van der Waals surface area contributed by atoms with Crippen molar-refractivity contribution in [3.63, 3.8) is 0 Å². The van der Waals surface area contributed by atoms with Gasteiger partial charge in [0.15, 0.2) is 0 Å². The van der Waals surface area contributed by atoms with Gasteiger partial charge in [-0.3, -0.25) is 0 Å². The normalized spacial score (nSPS) is 10.8. The Hall–Kier alpha value is -2.61. The number of nitriles is 1. The molecule has 0 spiro atoms. The lowest BCUT2D eigenvalue weighted by Crippen LogP contribution is -2.05. The maximum Gasteiger partial charge on any atom is 0.134 e. The van der Waals surface area contributed by atoms with Gasteiger partial charge in [-0.05, 0) is 29.2 Å². The van der Waals surface area contributed by atoms with Crippen molar-refractivity contribution < 1.29 is 4.74 Å². The second-order valence-electron chi connectivity index (χ2n) is 6.74. The van der Waals surface area contributed by atoms with Crippen molar-refractivity contribution in [1.82, 2.24) is 9.55 Å². The van der Waals surface area contributed by atoms with Crippen molar-refractivity contribution in [2.45, 2.75) is 39.3 Å². The van der Waals surface area contributed by atoms with Crippen molar-refractivity contribution in [3.8, 4) is 17.2 Å². The Morgan fingerprint density at radius 1 is 1.14 bits per heavy atom. The molecule has 0 bridgehead atoms. The first-order valence-corrected chi connectivity index (χ1v) is 9.86. The van der Waals surface area contributed by atoms with Crippen LogP contribution < -0.4 is 0 Å². The summed E-state index contributed by atoms with van der Waals surface area (Å²) in [7, 11) is 1.65. The molecule has 0 unspecified atom stereocenters. The molecule has 28 heavy (non-hydrogen) atoms. The third-order valence-corrected chi connectivity index (χ3v) is 5.16. The molecule has 3 rings (SSSR count). The molecule has 2 aromatic carbocycles. The maximum atomic E-state index is 9.32. The van der Waals surface area contributed by atoms with Crippen molar-refractivity contribution in [2.24, 2.45) is 0 Å². The summed E-state index contributed by atoms with van der Waals surface area (Å²) in [4.78, 5) is 4.69. The zero-order valence-electron chi connectivity index (χ0n) is 16.3. The molecule has 0 N–H and O–H groups in total. The molecular formula is C23H24ClN3O. The number of rotatable bonds is 8. The van der Waals surface area contributed by atoms with E-state index in [-0.39, 0.29) is 0 Å². The first-order chi connectivity index (χ1) is 13.7. The summed E-state index contributed by atoms with van der Waals surface area (Å²) < 4.78 is 7.30. The van der Waals surface area contributed by atoms with Gasteiger partial charge in [-0.15, -0.1) is 0 Å². The molecule has 0 radical (unpaired) electrons. The smallest absolute Gasteiger partial charge is 0.134 e. The fourth-order valence-corrected chi connectivity index (χ4v) is 3.51. The molecule has 0 aliphatic heterocycles. The molecule has 0 aliphatic rings. The zero-order valence-corrected chi connectivity index (χ0v) is 17.0. The first-order valence-electron chi connectivity index (χ1n) is 9.49. The van der Waals surface area contributed by atoms with E-state index >= 15 is 0 Å². The summed E-state index contributed by atoms with van der Waals surface area (Å²) in [6.45, 7) is 3.24. The molecule has 4 nitrogen and oxygen atoms in total. The van der Waals surface area contributed by atoms with Crippen LogP contribution in [-0.4, -0.2) is 16.7 Å². The molecule has 0 fully saturated rings. The van der Waals surface area contributed by atoms with E-state index in [0.717, 1.165) is 47.5 Å². The highest BCUT2D eigenvalue weighted by Crippen LogP contribution is 2.25. The van der Waals surface area contributed by atoms with E-state index in [9.17, 15) is 5.26 Å². The summed E-state index contributed by atoms with van der Waals surface area (Å²) in [5.41, 5.74) is 4.58. The quantitative estimate of drug-likeness (QED) is 0.499. The number of aromatic nitrogens is 2. The lowest BCUT2D eigenvalue weighted by Gasteiger charge is -2.11. The van der Waals surface area contributed by atoms with E-state index < -0.39 is 0 Å². The minimum Gasteiger partial charge on any atom is -0.378 e. The number of nitrogens with zero attached hydrogens (tertiary/aromatic N) is 3. The summed E-state index contributed by atoms with van der Waals surface area (Å²) in [6, 6.07) is 18.2. The number of aryl methyl sites for hydroxylation is 1. The third kappa shape index (κ3) is 4.44. The van der Waals surface area contributed by atoms with Crippen LogP contribution in [0.5, 0.6) is 0 Å². The van der Waals surface area contributed by atoms with Crippen LogP contribution in [0.2, 0.25) is 5.15 Å². The molecule has 3 aromatic rings. The van der Waals surface area contributed by atoms with Crippen LogP contribution in [0, 0.1) is 11.3 Å². The molecule has 5 heteroatoms. The van der Waals surface area contributed by atoms with Crippen molar-refractivity contribution >= 4 is 11.6 Å². The average molecular weight is 394 g/mol. The van der Waals surface area contributed by atoms with Gasteiger partial charge in [0.25, 0.3) is 0 Å². The monoisotopic (exact) mass is 393 g/mol. The maximum absolute atomic E-state index is 9.32. The van der Waals surface area contributed by atoms with Gasteiger partial charge < -0.3 is 9.30 Å². The predicted molar refractivity (Wildman–Crippen MR) is 112 cm³/mol. The molecule has 0 amide bonds. The molecule has 1 heterocycles. The van der Waals surface area contributed by atoms with Crippen LogP contribution in [-0.2, 0) is 24.3 Å². The highest BCUT2D eigenvalue weighted by atomic mass is 35.5. The van der Waals surface area contributed by atoms with Crippen LogP contribution >= 0.6 is 11.6 Å². The Labute approximate surface area is 171 Å². The van der Waals surface area contributed by atoms with Gasteiger partial charge in [-0.2, -0.15) is 5.26 Å². The number of halogens is 1. The molecule has 0 atom stereocenters. The minimum absolute atomic E-state index is 0.412. The van der Waals surface area contributed by atoms with Crippen LogP contribution in [0.3, 0.4) is 0 Å². The van der Waals surface area contributed by atoms with Crippen LogP contribution in [0.4, 0.5) is 0 Å². The Bertz CT molecular complexity index is 971. The number of hydrogen-bond acceptors (Lipinski definition) is 3. The van der Waals surface area contributed by atoms with E-state index in [1.165, 1.54) is 0 Å². The average Bonchev–Trinajstić information content (AvgIpc) is 3.02. The Morgan fingerprint density at radius 3 is 2.57 bits per heavy atom. The van der Waals surface area contributed by atoms with Gasteiger partial charge in [-0.25, -0.2) is 4.98 Å². The standard InChI is InChI=1S/C23H24ClN3O/c1-3-4-9-22-26-21(16-28-2)23(24)27(22)15-17-10-12-18(13-11-17)20-8-6-5-7-19(20)14-25/h5-8,10-13H,3-4,9,15-16H2,1-2H3. The van der Waals surface area contributed by atoms with Gasteiger partial charge in [0.2, 0.25) is 0 Å². The van der Waals surface area contributed by atoms with Crippen LogP contribution in [0.1, 0.15) is 42.4 Å². The molecule has 0 saturated heterocycles. The van der Waals surface area contributed by atoms with E-state index in [2.05, 4.69) is 41.8 Å². The van der Waals surface area contributed by atoms with Crippen molar-refractivity contribution in [1.29, 1.82) is 5.26 Å². The van der Waals surface area contributed by atoms with E-state index in [1.54, 1.807) is 7.11 Å². The van der Waals surface area contributed by atoms with Gasteiger partial charge >= 0.3 is 0 Å². The van der Waals surface area contributed by atoms with E-state index in [1.807, 2.05) is 24.3 Å². The molecular weight excluding hydrogens is 370 g/mol. The zero-order chi connectivity index (χ0) is 19.9. The fraction of sp³-hybridized carbons (Fsp3) is 0.304. The van der Waals surface area contributed by atoms with Gasteiger partial charge in [0, 0.05) is 13.5 Å². The Kier molecular flexibility index (Phi) is 6.86. The minimum atomic E-state index is 0.412. The van der Waals surface area contributed by atoms with Crippen LogP contribution in [0.15, 0.2) is 48.5 Å². The first kappa shape index (κ1) is 20.1. The van der Waals surface area contributed by atoms with E-state index in [0.29, 0.717) is 23.9 Å². The molecule has 144 valence electrons. The lowest BCUT2D eigenvalue weighted by molar-refractivity contribution is 0.182. The SMILES string of the molecule is CCCCc1nc(COC)c(Cl)n1Cc1ccc(-c2ccccc2C#N)cc1. The summed E-state index contributed by atoms with van der Waals surface area (Å²) in [5, 5.41) is 9.97. The summed E-state index contributed by atoms with van der Waals surface area (Å²) in [6.07, 6.45) is 3.08. The number of hydrogen-bond donors (Lipinski definition) is 0. The lowest BCUT2D eigenvalue weighted by atomic mass is 9.99. The van der Waals surface area contributed by atoms with E-state index in [4.69, 9.17) is 21.3 Å². The number of methoxy groups -OCH3 is 1. The second-order valence-corrected chi connectivity index (χ2v) is 7.10. The predicted octanol–water partition coefficient (Wildman–Crippen LogP) is 5.61. The van der Waals surface area contributed by atoms with Gasteiger partial charge in [0.1, 0.15) is 16.7 Å². The van der Waals surface area contributed by atoms with Crippen LogP contribution in [0.25, 0.3) is 11.1 Å². The highest BCUT2D eigenvalue weighted by molar-refractivity contribution is 6.30. The number of benzene rings is 2. The summed E-state index contributed by atoms with van der Waals surface area (Å²) >= 11 is 6.59.